The summed E-state index contributed by atoms with van der Waals surface area (Å²) in [6, 6.07) is 7.32. The number of oxazole rings is 1. The first-order chi connectivity index (χ1) is 9.04. The van der Waals surface area contributed by atoms with E-state index in [1.54, 1.807) is 12.1 Å². The molecule has 0 atom stereocenters. The molecule has 19 heavy (non-hydrogen) atoms. The molecule has 2 N–H and O–H groups in total. The van der Waals surface area contributed by atoms with E-state index in [0.717, 1.165) is 0 Å². The number of nitrogens with two attached hydrogens (primary N) is 1. The molecule has 0 saturated carbocycles. The molecule has 2 aromatic carbocycles. The predicted octanol–water partition coefficient (Wildman–Crippen LogP) is 4.52. The molecule has 1 aromatic heterocycles. The molecule has 0 unspecified atom stereocenters. The number of benzene rings is 2. The van der Waals surface area contributed by atoms with Gasteiger partial charge in [0, 0.05) is 11.6 Å². The SMILES string of the molecule is Nc1c(Cl)cc(-c2nc3cc(F)ccc3o2)cc1Cl. The van der Waals surface area contributed by atoms with E-state index in [1.165, 1.54) is 18.2 Å². The molecule has 0 fully saturated rings. The summed E-state index contributed by atoms with van der Waals surface area (Å²) in [7, 11) is 0. The van der Waals surface area contributed by atoms with Crippen LogP contribution in [0.25, 0.3) is 22.6 Å². The zero-order valence-electron chi connectivity index (χ0n) is 9.45. The lowest BCUT2D eigenvalue weighted by molar-refractivity contribution is 0.614. The van der Waals surface area contributed by atoms with Gasteiger partial charge in [-0.3, -0.25) is 0 Å². The number of rotatable bonds is 1. The fourth-order valence-electron chi connectivity index (χ4n) is 1.73. The quantitative estimate of drug-likeness (QED) is 0.672. The van der Waals surface area contributed by atoms with Crippen LogP contribution >= 0.6 is 23.2 Å². The first-order valence-corrected chi connectivity index (χ1v) is 6.11. The lowest BCUT2D eigenvalue weighted by Gasteiger charge is -2.03. The molecule has 0 aliphatic rings. The second kappa shape index (κ2) is 4.40. The van der Waals surface area contributed by atoms with Crippen molar-refractivity contribution in [3.05, 3.63) is 46.2 Å². The molecule has 3 aromatic rings. The zero-order chi connectivity index (χ0) is 13.6. The number of fused-ring (bicyclic) bond motifs is 1. The molecule has 3 nitrogen and oxygen atoms in total. The third kappa shape index (κ3) is 2.13. The van der Waals surface area contributed by atoms with Crippen molar-refractivity contribution in [2.75, 3.05) is 5.73 Å². The Morgan fingerprint density at radius 2 is 1.79 bits per heavy atom. The van der Waals surface area contributed by atoms with E-state index in [9.17, 15) is 4.39 Å². The van der Waals surface area contributed by atoms with Crippen molar-refractivity contribution in [1.82, 2.24) is 4.98 Å². The molecule has 6 heteroatoms. The summed E-state index contributed by atoms with van der Waals surface area (Å²) in [4.78, 5) is 4.19. The number of nitrogen functional groups attached to an aromatic ring is 1. The summed E-state index contributed by atoms with van der Waals surface area (Å²) in [6.07, 6.45) is 0. The van der Waals surface area contributed by atoms with E-state index in [-0.39, 0.29) is 5.82 Å². The summed E-state index contributed by atoms with van der Waals surface area (Å²) >= 11 is 11.9. The average molecular weight is 297 g/mol. The van der Waals surface area contributed by atoms with Gasteiger partial charge < -0.3 is 10.2 Å². The molecule has 0 saturated heterocycles. The molecular weight excluding hydrogens is 290 g/mol. The smallest absolute Gasteiger partial charge is 0.227 e. The van der Waals surface area contributed by atoms with Crippen molar-refractivity contribution in [2.24, 2.45) is 0 Å². The van der Waals surface area contributed by atoms with Crippen LogP contribution in [0.1, 0.15) is 0 Å². The normalized spacial score (nSPS) is 11.1. The first kappa shape index (κ1) is 12.3. The highest BCUT2D eigenvalue weighted by molar-refractivity contribution is 6.39. The Morgan fingerprint density at radius 1 is 1.11 bits per heavy atom. The standard InChI is InChI=1S/C13H7Cl2FN2O/c14-8-3-6(4-9(15)12(8)17)13-18-10-5-7(16)1-2-11(10)19-13/h1-5H,17H2. The Kier molecular flexibility index (Phi) is 2.84. The van der Waals surface area contributed by atoms with Gasteiger partial charge in [-0.2, -0.15) is 0 Å². The van der Waals surface area contributed by atoms with Crippen molar-refractivity contribution in [1.29, 1.82) is 0 Å². The van der Waals surface area contributed by atoms with Crippen LogP contribution < -0.4 is 5.73 Å². The van der Waals surface area contributed by atoms with Gasteiger partial charge in [-0.1, -0.05) is 23.2 Å². The number of anilines is 1. The Bertz CT molecular complexity index is 762. The first-order valence-electron chi connectivity index (χ1n) is 5.35. The molecule has 0 aliphatic heterocycles. The maximum atomic E-state index is 13.1. The Hall–Kier alpha value is -1.78. The van der Waals surface area contributed by atoms with Gasteiger partial charge in [0.1, 0.15) is 11.3 Å². The highest BCUT2D eigenvalue weighted by Gasteiger charge is 2.12. The number of hydrogen-bond donors (Lipinski definition) is 1. The molecule has 0 radical (unpaired) electrons. The minimum atomic E-state index is -0.374. The van der Waals surface area contributed by atoms with Crippen molar-refractivity contribution in [2.45, 2.75) is 0 Å². The lowest BCUT2D eigenvalue weighted by atomic mass is 10.2. The third-order valence-corrected chi connectivity index (χ3v) is 3.30. The lowest BCUT2D eigenvalue weighted by Crippen LogP contribution is -1.89. The van der Waals surface area contributed by atoms with Crippen molar-refractivity contribution in [3.63, 3.8) is 0 Å². The van der Waals surface area contributed by atoms with Crippen LogP contribution in [-0.2, 0) is 0 Å². The Balaban J connectivity index is 2.19. The molecule has 0 aliphatic carbocycles. The fourth-order valence-corrected chi connectivity index (χ4v) is 2.22. The molecule has 3 rings (SSSR count). The second-order valence-electron chi connectivity index (χ2n) is 3.98. The number of aromatic nitrogens is 1. The van der Waals surface area contributed by atoms with Gasteiger partial charge in [0.25, 0.3) is 0 Å². The van der Waals surface area contributed by atoms with Gasteiger partial charge in [0.05, 0.1) is 15.7 Å². The summed E-state index contributed by atoms with van der Waals surface area (Å²) in [5.74, 6) is -0.0647. The highest BCUT2D eigenvalue weighted by Crippen LogP contribution is 2.34. The minimum absolute atomic E-state index is 0.300. The maximum absolute atomic E-state index is 13.1. The molecule has 96 valence electrons. The van der Waals surface area contributed by atoms with E-state index in [0.29, 0.717) is 38.3 Å². The van der Waals surface area contributed by atoms with E-state index < -0.39 is 0 Å². The summed E-state index contributed by atoms with van der Waals surface area (Å²) < 4.78 is 18.6. The van der Waals surface area contributed by atoms with Crippen molar-refractivity contribution in [3.8, 4) is 11.5 Å². The van der Waals surface area contributed by atoms with Gasteiger partial charge in [-0.15, -0.1) is 0 Å². The van der Waals surface area contributed by atoms with Gasteiger partial charge in [-0.05, 0) is 24.3 Å². The van der Waals surface area contributed by atoms with Crippen molar-refractivity contribution >= 4 is 40.0 Å². The van der Waals surface area contributed by atoms with Crippen LogP contribution in [0.15, 0.2) is 34.7 Å². The largest absolute Gasteiger partial charge is 0.436 e. The zero-order valence-corrected chi connectivity index (χ0v) is 11.0. The van der Waals surface area contributed by atoms with Gasteiger partial charge >= 0.3 is 0 Å². The minimum Gasteiger partial charge on any atom is -0.436 e. The Morgan fingerprint density at radius 3 is 2.47 bits per heavy atom. The van der Waals surface area contributed by atoms with Gasteiger partial charge in [0.15, 0.2) is 5.58 Å². The Labute approximate surface area is 117 Å². The summed E-state index contributed by atoms with van der Waals surface area (Å²) in [5, 5.41) is 0.631. The number of nitrogens with zero attached hydrogens (tertiary/aromatic N) is 1. The highest BCUT2D eigenvalue weighted by atomic mass is 35.5. The van der Waals surface area contributed by atoms with Gasteiger partial charge in [0.2, 0.25) is 5.89 Å². The van der Waals surface area contributed by atoms with Crippen LogP contribution in [0, 0.1) is 5.82 Å². The van der Waals surface area contributed by atoms with Crippen LogP contribution in [0.3, 0.4) is 0 Å². The van der Waals surface area contributed by atoms with E-state index in [4.69, 9.17) is 33.4 Å². The van der Waals surface area contributed by atoms with Crippen LogP contribution in [-0.4, -0.2) is 4.98 Å². The average Bonchev–Trinajstić information content (AvgIpc) is 2.78. The van der Waals surface area contributed by atoms with E-state index >= 15 is 0 Å². The molecule has 0 amide bonds. The van der Waals surface area contributed by atoms with E-state index in [1.807, 2.05) is 0 Å². The number of halogens is 3. The van der Waals surface area contributed by atoms with Crippen LogP contribution in [0.5, 0.6) is 0 Å². The molecule has 1 heterocycles. The molecule has 0 bridgehead atoms. The fraction of sp³-hybridized carbons (Fsp3) is 0. The van der Waals surface area contributed by atoms with Crippen LogP contribution in [0.4, 0.5) is 10.1 Å². The summed E-state index contributed by atoms with van der Waals surface area (Å²) in [6.45, 7) is 0. The maximum Gasteiger partial charge on any atom is 0.227 e. The molecule has 0 spiro atoms. The summed E-state index contributed by atoms with van der Waals surface area (Å²) in [5.41, 5.74) is 7.46. The topological polar surface area (TPSA) is 52.0 Å². The van der Waals surface area contributed by atoms with E-state index in [2.05, 4.69) is 4.98 Å². The third-order valence-electron chi connectivity index (χ3n) is 2.68. The number of hydrogen-bond acceptors (Lipinski definition) is 3. The molecular formula is C13H7Cl2FN2O. The van der Waals surface area contributed by atoms with Crippen LogP contribution in [0.2, 0.25) is 10.0 Å². The predicted molar refractivity (Wildman–Crippen MR) is 73.8 cm³/mol. The second-order valence-corrected chi connectivity index (χ2v) is 4.80. The van der Waals surface area contributed by atoms with Crippen molar-refractivity contribution < 1.29 is 8.81 Å². The monoisotopic (exact) mass is 296 g/mol. The van der Waals surface area contributed by atoms with Gasteiger partial charge in [-0.25, -0.2) is 9.37 Å².